The molecule has 0 saturated carbocycles. The fourth-order valence-electron chi connectivity index (χ4n) is 1.18. The standard InChI is InChI=1S/C11H14O4/c1-8-7-9(11(12)13)3-4-10(8)15-6-5-14-2/h3-4,7H,5-6H2,1-2H3,(H,12,13). The van der Waals surface area contributed by atoms with Gasteiger partial charge < -0.3 is 14.6 Å². The first-order valence-corrected chi connectivity index (χ1v) is 4.61. The molecule has 0 radical (unpaired) electrons. The van der Waals surface area contributed by atoms with Crippen LogP contribution < -0.4 is 4.74 Å². The van der Waals surface area contributed by atoms with Crippen LogP contribution >= 0.6 is 0 Å². The highest BCUT2D eigenvalue weighted by Crippen LogP contribution is 2.18. The molecule has 1 rings (SSSR count). The van der Waals surface area contributed by atoms with Crippen molar-refractivity contribution in [1.29, 1.82) is 0 Å². The van der Waals surface area contributed by atoms with Gasteiger partial charge in [-0.3, -0.25) is 0 Å². The number of carboxylic acids is 1. The lowest BCUT2D eigenvalue weighted by Crippen LogP contribution is -2.06. The molecule has 0 aliphatic heterocycles. The summed E-state index contributed by atoms with van der Waals surface area (Å²) >= 11 is 0. The summed E-state index contributed by atoms with van der Waals surface area (Å²) in [4.78, 5) is 10.7. The number of carboxylic acid groups (broad SMARTS) is 1. The third kappa shape index (κ3) is 3.25. The fraction of sp³-hybridized carbons (Fsp3) is 0.364. The van der Waals surface area contributed by atoms with Crippen LogP contribution in [-0.4, -0.2) is 31.4 Å². The minimum Gasteiger partial charge on any atom is -0.491 e. The van der Waals surface area contributed by atoms with E-state index in [9.17, 15) is 4.79 Å². The lowest BCUT2D eigenvalue weighted by atomic mass is 10.1. The summed E-state index contributed by atoms with van der Waals surface area (Å²) in [5, 5.41) is 8.75. The molecule has 0 bridgehead atoms. The van der Waals surface area contributed by atoms with E-state index in [0.717, 1.165) is 5.56 Å². The van der Waals surface area contributed by atoms with Crippen LogP contribution in [0.15, 0.2) is 18.2 Å². The zero-order chi connectivity index (χ0) is 11.3. The first kappa shape index (κ1) is 11.5. The Hall–Kier alpha value is -1.55. The molecular weight excluding hydrogens is 196 g/mol. The molecule has 0 heterocycles. The Morgan fingerprint density at radius 1 is 1.40 bits per heavy atom. The number of benzene rings is 1. The first-order chi connectivity index (χ1) is 7.15. The van der Waals surface area contributed by atoms with Crippen LogP contribution in [0.25, 0.3) is 0 Å². The van der Waals surface area contributed by atoms with Gasteiger partial charge in [-0.05, 0) is 30.7 Å². The van der Waals surface area contributed by atoms with Crippen LogP contribution in [-0.2, 0) is 4.74 Å². The van der Waals surface area contributed by atoms with E-state index in [0.29, 0.717) is 19.0 Å². The summed E-state index contributed by atoms with van der Waals surface area (Å²) in [7, 11) is 1.60. The summed E-state index contributed by atoms with van der Waals surface area (Å²) in [6.45, 7) is 2.79. The molecule has 82 valence electrons. The topological polar surface area (TPSA) is 55.8 Å². The quantitative estimate of drug-likeness (QED) is 0.752. The third-order valence-corrected chi connectivity index (χ3v) is 1.97. The predicted molar refractivity (Wildman–Crippen MR) is 55.5 cm³/mol. The molecule has 0 unspecified atom stereocenters. The molecule has 4 heteroatoms. The first-order valence-electron chi connectivity index (χ1n) is 4.61. The van der Waals surface area contributed by atoms with E-state index >= 15 is 0 Å². The number of ether oxygens (including phenoxy) is 2. The van der Waals surface area contributed by atoms with Crippen LogP contribution in [0.3, 0.4) is 0 Å². The number of methoxy groups -OCH3 is 1. The Morgan fingerprint density at radius 3 is 2.67 bits per heavy atom. The Morgan fingerprint density at radius 2 is 2.13 bits per heavy atom. The molecule has 0 spiro atoms. The zero-order valence-electron chi connectivity index (χ0n) is 8.82. The van der Waals surface area contributed by atoms with E-state index in [2.05, 4.69) is 0 Å². The molecule has 0 aliphatic rings. The van der Waals surface area contributed by atoms with Gasteiger partial charge in [0, 0.05) is 7.11 Å². The molecule has 0 aromatic heterocycles. The molecule has 0 aliphatic carbocycles. The molecule has 15 heavy (non-hydrogen) atoms. The maximum absolute atomic E-state index is 10.7. The summed E-state index contributed by atoms with van der Waals surface area (Å²) in [5.74, 6) is -0.237. The van der Waals surface area contributed by atoms with Crippen molar-refractivity contribution in [2.45, 2.75) is 6.92 Å². The van der Waals surface area contributed by atoms with Crippen LogP contribution in [0.2, 0.25) is 0 Å². The second kappa shape index (κ2) is 5.36. The zero-order valence-corrected chi connectivity index (χ0v) is 8.82. The van der Waals surface area contributed by atoms with Gasteiger partial charge in [0.05, 0.1) is 12.2 Å². The summed E-state index contributed by atoms with van der Waals surface area (Å²) in [6.07, 6.45) is 0. The van der Waals surface area contributed by atoms with Crippen LogP contribution in [0, 0.1) is 6.92 Å². The van der Waals surface area contributed by atoms with Gasteiger partial charge in [0.1, 0.15) is 12.4 Å². The summed E-state index contributed by atoms with van der Waals surface area (Å²) in [6, 6.07) is 4.77. The molecule has 0 amide bonds. The van der Waals surface area contributed by atoms with Crippen molar-refractivity contribution in [3.05, 3.63) is 29.3 Å². The van der Waals surface area contributed by atoms with Gasteiger partial charge >= 0.3 is 5.97 Å². The van der Waals surface area contributed by atoms with E-state index in [1.807, 2.05) is 6.92 Å². The Labute approximate surface area is 88.4 Å². The van der Waals surface area contributed by atoms with Crippen molar-refractivity contribution in [1.82, 2.24) is 0 Å². The van der Waals surface area contributed by atoms with Crippen LogP contribution in [0.4, 0.5) is 0 Å². The van der Waals surface area contributed by atoms with Crippen molar-refractivity contribution in [3.8, 4) is 5.75 Å². The maximum Gasteiger partial charge on any atom is 0.335 e. The normalized spacial score (nSPS) is 10.0. The number of aryl methyl sites for hydroxylation is 1. The molecule has 0 atom stereocenters. The van der Waals surface area contributed by atoms with Crippen molar-refractivity contribution in [2.24, 2.45) is 0 Å². The van der Waals surface area contributed by atoms with Crippen molar-refractivity contribution in [3.63, 3.8) is 0 Å². The van der Waals surface area contributed by atoms with Crippen LogP contribution in [0.1, 0.15) is 15.9 Å². The highest BCUT2D eigenvalue weighted by atomic mass is 16.5. The number of rotatable bonds is 5. The van der Waals surface area contributed by atoms with Gasteiger partial charge in [-0.25, -0.2) is 4.79 Å². The fourth-order valence-corrected chi connectivity index (χ4v) is 1.18. The number of hydrogen-bond donors (Lipinski definition) is 1. The molecule has 0 saturated heterocycles. The highest BCUT2D eigenvalue weighted by Gasteiger charge is 2.05. The van der Waals surface area contributed by atoms with E-state index in [-0.39, 0.29) is 5.56 Å². The maximum atomic E-state index is 10.7. The van der Waals surface area contributed by atoms with E-state index in [4.69, 9.17) is 14.6 Å². The van der Waals surface area contributed by atoms with Crippen molar-refractivity contribution < 1.29 is 19.4 Å². The Balaban J connectivity index is 2.70. The van der Waals surface area contributed by atoms with E-state index in [1.165, 1.54) is 6.07 Å². The van der Waals surface area contributed by atoms with Gasteiger partial charge in [0.2, 0.25) is 0 Å². The van der Waals surface area contributed by atoms with E-state index in [1.54, 1.807) is 19.2 Å². The monoisotopic (exact) mass is 210 g/mol. The van der Waals surface area contributed by atoms with E-state index < -0.39 is 5.97 Å². The van der Waals surface area contributed by atoms with Crippen molar-refractivity contribution in [2.75, 3.05) is 20.3 Å². The lowest BCUT2D eigenvalue weighted by Gasteiger charge is -2.08. The number of aromatic carboxylic acids is 1. The SMILES string of the molecule is COCCOc1ccc(C(=O)O)cc1C. The molecule has 1 aromatic rings. The molecular formula is C11H14O4. The smallest absolute Gasteiger partial charge is 0.335 e. The predicted octanol–water partition coefficient (Wildman–Crippen LogP) is 1.72. The second-order valence-electron chi connectivity index (χ2n) is 3.13. The van der Waals surface area contributed by atoms with Gasteiger partial charge in [-0.1, -0.05) is 0 Å². The number of carbonyl (C=O) groups is 1. The van der Waals surface area contributed by atoms with Gasteiger partial charge in [0.25, 0.3) is 0 Å². The van der Waals surface area contributed by atoms with Crippen molar-refractivity contribution >= 4 is 5.97 Å². The third-order valence-electron chi connectivity index (χ3n) is 1.97. The average Bonchev–Trinajstić information content (AvgIpc) is 2.20. The minimum atomic E-state index is -0.929. The second-order valence-corrected chi connectivity index (χ2v) is 3.13. The van der Waals surface area contributed by atoms with Crippen LogP contribution in [0.5, 0.6) is 5.75 Å². The van der Waals surface area contributed by atoms with Gasteiger partial charge in [-0.2, -0.15) is 0 Å². The van der Waals surface area contributed by atoms with Gasteiger partial charge in [-0.15, -0.1) is 0 Å². The number of hydrogen-bond acceptors (Lipinski definition) is 3. The molecule has 4 nitrogen and oxygen atoms in total. The molecule has 1 aromatic carbocycles. The summed E-state index contributed by atoms with van der Waals surface area (Å²) in [5.41, 5.74) is 1.08. The highest BCUT2D eigenvalue weighted by molar-refractivity contribution is 5.88. The summed E-state index contributed by atoms with van der Waals surface area (Å²) < 4.78 is 10.2. The minimum absolute atomic E-state index is 0.270. The Kier molecular flexibility index (Phi) is 4.12. The van der Waals surface area contributed by atoms with Gasteiger partial charge in [0.15, 0.2) is 0 Å². The lowest BCUT2D eigenvalue weighted by molar-refractivity contribution is 0.0696. The largest absolute Gasteiger partial charge is 0.491 e. The molecule has 1 N–H and O–H groups in total. The molecule has 0 fully saturated rings. The average molecular weight is 210 g/mol. The Bertz CT molecular complexity index is 346.